The highest BCUT2D eigenvalue weighted by atomic mass is 32.2. The Bertz CT molecular complexity index is 746. The lowest BCUT2D eigenvalue weighted by molar-refractivity contribution is -0.130. The molecule has 1 aliphatic heterocycles. The molecule has 1 aromatic rings. The minimum atomic E-state index is -3.76. The van der Waals surface area contributed by atoms with Gasteiger partial charge in [0.1, 0.15) is 6.04 Å². The zero-order valence-electron chi connectivity index (χ0n) is 13.7. The van der Waals surface area contributed by atoms with Gasteiger partial charge in [0.25, 0.3) is 0 Å². The summed E-state index contributed by atoms with van der Waals surface area (Å²) in [7, 11) is -0.730. The molecule has 132 valence electrons. The number of hydrogen-bond donors (Lipinski definition) is 1. The summed E-state index contributed by atoms with van der Waals surface area (Å²) in [4.78, 5) is 24.0. The van der Waals surface area contributed by atoms with Gasteiger partial charge in [-0.25, -0.2) is 12.7 Å². The van der Waals surface area contributed by atoms with Gasteiger partial charge in [-0.3, -0.25) is 9.59 Å². The van der Waals surface area contributed by atoms with Gasteiger partial charge in [-0.05, 0) is 24.1 Å². The second-order valence-corrected chi connectivity index (χ2v) is 7.27. The summed E-state index contributed by atoms with van der Waals surface area (Å²) in [6.45, 7) is 0.182. The molecule has 1 heterocycles. The van der Waals surface area contributed by atoms with E-state index in [4.69, 9.17) is 9.47 Å². The maximum atomic E-state index is 12.3. The normalized spacial score (nSPS) is 17.7. The predicted octanol–water partition coefficient (Wildman–Crippen LogP) is 0.271. The first-order valence-corrected chi connectivity index (χ1v) is 9.13. The number of carbonyl (C=O) groups is 2. The van der Waals surface area contributed by atoms with E-state index in [0.717, 1.165) is 11.8 Å². The van der Waals surface area contributed by atoms with Crippen molar-refractivity contribution in [3.8, 4) is 11.5 Å². The van der Waals surface area contributed by atoms with Crippen LogP contribution in [0.4, 0.5) is 0 Å². The van der Waals surface area contributed by atoms with E-state index in [2.05, 4.69) is 5.32 Å². The van der Waals surface area contributed by atoms with Crippen LogP contribution in [0.3, 0.4) is 0 Å². The van der Waals surface area contributed by atoms with E-state index in [1.54, 1.807) is 18.2 Å². The molecule has 1 fully saturated rings. The number of hydrogen-bond acceptors (Lipinski definition) is 6. The van der Waals surface area contributed by atoms with Crippen molar-refractivity contribution in [2.45, 2.75) is 25.4 Å². The van der Waals surface area contributed by atoms with Crippen LogP contribution < -0.4 is 14.8 Å². The van der Waals surface area contributed by atoms with Gasteiger partial charge in [0.2, 0.25) is 21.8 Å². The minimum absolute atomic E-state index is 0.0432. The predicted molar refractivity (Wildman–Crippen MR) is 86.1 cm³/mol. The number of rotatable bonds is 6. The quantitative estimate of drug-likeness (QED) is 0.785. The molecule has 24 heavy (non-hydrogen) atoms. The molecule has 0 saturated carbocycles. The molecule has 1 atom stereocenters. The zero-order chi connectivity index (χ0) is 17.9. The van der Waals surface area contributed by atoms with Crippen LogP contribution in [0.5, 0.6) is 11.5 Å². The van der Waals surface area contributed by atoms with Gasteiger partial charge in [-0.1, -0.05) is 6.07 Å². The molecule has 0 aliphatic carbocycles. The lowest BCUT2D eigenvalue weighted by Gasteiger charge is -2.21. The minimum Gasteiger partial charge on any atom is -0.493 e. The van der Waals surface area contributed by atoms with E-state index in [1.807, 2.05) is 0 Å². The van der Waals surface area contributed by atoms with Gasteiger partial charge in [-0.15, -0.1) is 0 Å². The fourth-order valence-corrected chi connectivity index (χ4v) is 3.74. The van der Waals surface area contributed by atoms with Gasteiger partial charge in [0, 0.05) is 13.0 Å². The number of sulfonamides is 1. The van der Waals surface area contributed by atoms with Gasteiger partial charge >= 0.3 is 0 Å². The molecule has 1 saturated heterocycles. The first-order chi connectivity index (χ1) is 11.3. The highest BCUT2D eigenvalue weighted by Crippen LogP contribution is 2.27. The number of ether oxygens (including phenoxy) is 2. The number of carbonyl (C=O) groups excluding carboxylic acids is 2. The average molecular weight is 356 g/mol. The number of methoxy groups -OCH3 is 2. The van der Waals surface area contributed by atoms with Crippen molar-refractivity contribution < 1.29 is 27.5 Å². The fourth-order valence-electron chi connectivity index (χ4n) is 2.61. The van der Waals surface area contributed by atoms with Crippen LogP contribution in [-0.4, -0.2) is 51.1 Å². The molecule has 8 nitrogen and oxygen atoms in total. The van der Waals surface area contributed by atoms with Crippen LogP contribution in [0.15, 0.2) is 18.2 Å². The summed E-state index contributed by atoms with van der Waals surface area (Å²) in [5.41, 5.74) is 0.760. The lowest BCUT2D eigenvalue weighted by Crippen LogP contribution is -2.46. The van der Waals surface area contributed by atoms with Crippen LogP contribution in [0, 0.1) is 0 Å². The third-order valence-corrected chi connectivity index (χ3v) is 4.91. The molecular formula is C15H20N2O6S. The summed E-state index contributed by atoms with van der Waals surface area (Å²) in [6, 6.07) is 4.19. The Morgan fingerprint density at radius 2 is 1.96 bits per heavy atom. The van der Waals surface area contributed by atoms with Crippen molar-refractivity contribution in [1.82, 2.24) is 9.62 Å². The molecule has 2 amide bonds. The Morgan fingerprint density at radius 3 is 2.54 bits per heavy atom. The van der Waals surface area contributed by atoms with E-state index in [1.165, 1.54) is 14.2 Å². The van der Waals surface area contributed by atoms with E-state index in [0.29, 0.717) is 15.8 Å². The maximum absolute atomic E-state index is 12.3. The summed E-state index contributed by atoms with van der Waals surface area (Å²) >= 11 is 0. The highest BCUT2D eigenvalue weighted by molar-refractivity contribution is 7.89. The monoisotopic (exact) mass is 356 g/mol. The molecule has 1 N–H and O–H groups in total. The molecule has 0 spiro atoms. The van der Waals surface area contributed by atoms with Crippen LogP contribution in [0.2, 0.25) is 0 Å². The Labute approximate surface area is 140 Å². The number of nitrogens with zero attached hydrogens (tertiary/aromatic N) is 1. The van der Waals surface area contributed by atoms with Crippen LogP contribution in [0.1, 0.15) is 18.4 Å². The molecule has 9 heteroatoms. The SMILES string of the molecule is COc1ccc(CNC(=O)C2CCC(=O)N2S(C)(=O)=O)cc1OC. The van der Waals surface area contributed by atoms with Crippen molar-refractivity contribution in [2.75, 3.05) is 20.5 Å². The highest BCUT2D eigenvalue weighted by Gasteiger charge is 2.41. The zero-order valence-corrected chi connectivity index (χ0v) is 14.6. The van der Waals surface area contributed by atoms with E-state index >= 15 is 0 Å². The van der Waals surface area contributed by atoms with Gasteiger partial charge in [0.05, 0.1) is 20.5 Å². The van der Waals surface area contributed by atoms with Crippen molar-refractivity contribution in [2.24, 2.45) is 0 Å². The van der Waals surface area contributed by atoms with Gasteiger partial charge in [-0.2, -0.15) is 0 Å². The van der Waals surface area contributed by atoms with Crippen LogP contribution >= 0.6 is 0 Å². The third kappa shape index (κ3) is 3.78. The summed E-state index contributed by atoms with van der Waals surface area (Å²) in [5, 5.41) is 2.66. The first-order valence-electron chi connectivity index (χ1n) is 7.28. The molecule has 1 aromatic carbocycles. The number of benzene rings is 1. The Hall–Kier alpha value is -2.29. The van der Waals surface area contributed by atoms with Crippen molar-refractivity contribution in [1.29, 1.82) is 0 Å². The van der Waals surface area contributed by atoms with Crippen molar-refractivity contribution in [3.05, 3.63) is 23.8 Å². The van der Waals surface area contributed by atoms with E-state index < -0.39 is 27.9 Å². The molecule has 1 unspecified atom stereocenters. The first kappa shape index (κ1) is 18.1. The topological polar surface area (TPSA) is 102 Å². The van der Waals surface area contributed by atoms with Crippen molar-refractivity contribution >= 4 is 21.8 Å². The van der Waals surface area contributed by atoms with E-state index in [-0.39, 0.29) is 19.4 Å². The summed E-state index contributed by atoms with van der Waals surface area (Å²) < 4.78 is 34.4. The van der Waals surface area contributed by atoms with E-state index in [9.17, 15) is 18.0 Å². The maximum Gasteiger partial charge on any atom is 0.244 e. The molecule has 0 radical (unpaired) electrons. The third-order valence-electron chi connectivity index (χ3n) is 3.74. The Balaban J connectivity index is 2.07. The van der Waals surface area contributed by atoms with Crippen LogP contribution in [0.25, 0.3) is 0 Å². The second kappa shape index (κ2) is 7.08. The molecule has 0 aromatic heterocycles. The fraction of sp³-hybridized carbons (Fsp3) is 0.467. The lowest BCUT2D eigenvalue weighted by atomic mass is 10.1. The number of amides is 2. The largest absolute Gasteiger partial charge is 0.493 e. The number of nitrogens with one attached hydrogen (secondary N) is 1. The Kier molecular flexibility index (Phi) is 5.33. The smallest absolute Gasteiger partial charge is 0.244 e. The standard InChI is InChI=1S/C15H20N2O6S/c1-22-12-6-4-10(8-13(12)23-2)9-16-15(19)11-5-7-14(18)17(11)24(3,20)21/h4,6,8,11H,5,7,9H2,1-3H3,(H,16,19). The second-order valence-electron chi connectivity index (χ2n) is 5.41. The average Bonchev–Trinajstić information content (AvgIpc) is 2.94. The summed E-state index contributed by atoms with van der Waals surface area (Å²) in [6.07, 6.45) is 1.15. The van der Waals surface area contributed by atoms with Crippen LogP contribution in [-0.2, 0) is 26.2 Å². The molecule has 0 bridgehead atoms. The van der Waals surface area contributed by atoms with Gasteiger partial charge < -0.3 is 14.8 Å². The molecule has 2 rings (SSSR count). The van der Waals surface area contributed by atoms with Gasteiger partial charge in [0.15, 0.2) is 11.5 Å². The Morgan fingerprint density at radius 1 is 1.29 bits per heavy atom. The molecule has 1 aliphatic rings. The summed E-state index contributed by atoms with van der Waals surface area (Å²) in [5.74, 6) is 0.0418. The van der Waals surface area contributed by atoms with Crippen molar-refractivity contribution in [3.63, 3.8) is 0 Å². The molecular weight excluding hydrogens is 336 g/mol.